The molecule has 1 unspecified atom stereocenters. The van der Waals surface area contributed by atoms with E-state index in [9.17, 15) is 24.5 Å². The fraction of sp³-hybridized carbons (Fsp3) is 0.0571. The lowest BCUT2D eigenvalue weighted by atomic mass is 10.1. The first-order chi connectivity index (χ1) is 21.7. The molecule has 5 aromatic carbocycles. The summed E-state index contributed by atoms with van der Waals surface area (Å²) in [5.41, 5.74) is 1.91. The number of amides is 3. The summed E-state index contributed by atoms with van der Waals surface area (Å²) in [4.78, 5) is 50.4. The Morgan fingerprint density at radius 1 is 0.756 bits per heavy atom. The van der Waals surface area contributed by atoms with Crippen molar-refractivity contribution in [3.8, 4) is 0 Å². The summed E-state index contributed by atoms with van der Waals surface area (Å²) in [5, 5.41) is 21.2. The predicted molar refractivity (Wildman–Crippen MR) is 178 cm³/mol. The summed E-state index contributed by atoms with van der Waals surface area (Å²) in [6.07, 6.45) is 1.44. The SMILES string of the molecule is CC(Sc1ccc(NC(=O)/C(=C/c2ccc([N+](=O)[O-])cc2)NC(=O)c2ccccc2)cc1)C(=O)Nc1ccc2ccccc2c1. The molecule has 0 aliphatic carbocycles. The Morgan fingerprint density at radius 2 is 1.40 bits per heavy atom. The molecule has 0 spiro atoms. The van der Waals surface area contributed by atoms with Gasteiger partial charge >= 0.3 is 0 Å². The van der Waals surface area contributed by atoms with Gasteiger partial charge in [-0.1, -0.05) is 48.5 Å². The second kappa shape index (κ2) is 14.2. The maximum absolute atomic E-state index is 13.3. The largest absolute Gasteiger partial charge is 0.325 e. The first-order valence-corrected chi connectivity index (χ1v) is 14.8. The molecule has 224 valence electrons. The molecule has 0 aliphatic heterocycles. The lowest BCUT2D eigenvalue weighted by Crippen LogP contribution is -2.30. The monoisotopic (exact) mass is 616 g/mol. The van der Waals surface area contributed by atoms with Gasteiger partial charge in [0.2, 0.25) is 5.91 Å². The molecule has 0 aromatic heterocycles. The highest BCUT2D eigenvalue weighted by atomic mass is 32.2. The van der Waals surface area contributed by atoms with Crippen LogP contribution in [-0.4, -0.2) is 27.9 Å². The van der Waals surface area contributed by atoms with E-state index >= 15 is 0 Å². The van der Waals surface area contributed by atoms with E-state index < -0.39 is 16.7 Å². The Bertz CT molecular complexity index is 1890. The minimum absolute atomic E-state index is 0.0462. The molecule has 3 amide bonds. The number of non-ortho nitro benzene ring substituents is 1. The highest BCUT2D eigenvalue weighted by Gasteiger charge is 2.17. The maximum Gasteiger partial charge on any atom is 0.272 e. The number of anilines is 2. The molecule has 5 rings (SSSR count). The number of nitro benzene ring substituents is 1. The van der Waals surface area contributed by atoms with Crippen LogP contribution in [0.4, 0.5) is 17.1 Å². The van der Waals surface area contributed by atoms with Crippen LogP contribution >= 0.6 is 11.8 Å². The smallest absolute Gasteiger partial charge is 0.272 e. The van der Waals surface area contributed by atoms with Gasteiger partial charge in [0.15, 0.2) is 0 Å². The molecule has 0 heterocycles. The minimum atomic E-state index is -0.582. The average Bonchev–Trinajstić information content (AvgIpc) is 3.05. The van der Waals surface area contributed by atoms with Gasteiger partial charge in [0.05, 0.1) is 10.2 Å². The first kappa shape index (κ1) is 30.7. The third-order valence-corrected chi connectivity index (χ3v) is 7.87. The van der Waals surface area contributed by atoms with E-state index in [-0.39, 0.29) is 22.5 Å². The van der Waals surface area contributed by atoms with Crippen LogP contribution in [-0.2, 0) is 9.59 Å². The number of fused-ring (bicyclic) bond motifs is 1. The van der Waals surface area contributed by atoms with Crippen LogP contribution in [0.25, 0.3) is 16.8 Å². The van der Waals surface area contributed by atoms with Crippen molar-refractivity contribution in [2.45, 2.75) is 17.1 Å². The Kier molecular flexibility index (Phi) is 9.66. The summed E-state index contributed by atoms with van der Waals surface area (Å²) in [6, 6.07) is 34.8. The lowest BCUT2D eigenvalue weighted by molar-refractivity contribution is -0.384. The number of nitrogens with zero attached hydrogens (tertiary/aromatic N) is 1. The van der Waals surface area contributed by atoms with Crippen molar-refractivity contribution >= 4 is 63.4 Å². The zero-order chi connectivity index (χ0) is 31.8. The number of nitro groups is 1. The second-order valence-electron chi connectivity index (χ2n) is 10.0. The number of thioether (sulfide) groups is 1. The molecule has 0 saturated carbocycles. The highest BCUT2D eigenvalue weighted by molar-refractivity contribution is 8.00. The Balaban J connectivity index is 1.25. The zero-order valence-corrected chi connectivity index (χ0v) is 24.9. The topological polar surface area (TPSA) is 130 Å². The standard InChI is InChI=1S/C35H28N4O5S/c1-23(33(40)37-29-14-13-25-7-5-6-10-27(25)22-29)45-31-19-15-28(16-20-31)36-35(42)32(38-34(41)26-8-3-2-4-9-26)21-24-11-17-30(18-12-24)39(43)44/h2-23H,1H3,(H,36,42)(H,37,40)(H,38,41)/b32-21-. The van der Waals surface area contributed by atoms with E-state index in [0.717, 1.165) is 21.4 Å². The van der Waals surface area contributed by atoms with Crippen molar-refractivity contribution in [1.29, 1.82) is 0 Å². The second-order valence-corrected chi connectivity index (χ2v) is 11.4. The summed E-state index contributed by atoms with van der Waals surface area (Å²) in [5.74, 6) is -1.20. The van der Waals surface area contributed by atoms with Gasteiger partial charge in [0.25, 0.3) is 17.5 Å². The van der Waals surface area contributed by atoms with Crippen molar-refractivity contribution in [3.63, 3.8) is 0 Å². The van der Waals surface area contributed by atoms with Gasteiger partial charge in [0, 0.05) is 34.0 Å². The molecule has 0 radical (unpaired) electrons. The molecule has 45 heavy (non-hydrogen) atoms. The maximum atomic E-state index is 13.3. The fourth-order valence-corrected chi connectivity index (χ4v) is 5.25. The number of rotatable bonds is 10. The Labute approximate surface area is 263 Å². The van der Waals surface area contributed by atoms with Crippen LogP contribution in [0.2, 0.25) is 0 Å². The third-order valence-electron chi connectivity index (χ3n) is 6.75. The number of hydrogen-bond acceptors (Lipinski definition) is 6. The van der Waals surface area contributed by atoms with E-state index in [4.69, 9.17) is 0 Å². The van der Waals surface area contributed by atoms with Gasteiger partial charge < -0.3 is 16.0 Å². The number of carbonyl (C=O) groups is 3. The molecule has 0 bridgehead atoms. The van der Waals surface area contributed by atoms with E-state index in [1.54, 1.807) is 54.6 Å². The van der Waals surface area contributed by atoms with E-state index in [0.29, 0.717) is 16.8 Å². The van der Waals surface area contributed by atoms with E-state index in [1.165, 1.54) is 42.1 Å². The molecule has 0 fully saturated rings. The number of carbonyl (C=O) groups excluding carboxylic acids is 3. The molecule has 3 N–H and O–H groups in total. The third kappa shape index (κ3) is 8.21. The van der Waals surface area contributed by atoms with Gasteiger partial charge in [0.1, 0.15) is 5.70 Å². The van der Waals surface area contributed by atoms with Gasteiger partial charge in [-0.3, -0.25) is 24.5 Å². The zero-order valence-electron chi connectivity index (χ0n) is 24.1. The van der Waals surface area contributed by atoms with E-state index in [2.05, 4.69) is 16.0 Å². The molecule has 9 nitrogen and oxygen atoms in total. The van der Waals surface area contributed by atoms with Crippen molar-refractivity contribution in [3.05, 3.63) is 148 Å². The van der Waals surface area contributed by atoms with E-state index in [1.807, 2.05) is 49.4 Å². The summed E-state index contributed by atoms with van der Waals surface area (Å²) < 4.78 is 0. The quantitative estimate of drug-likeness (QED) is 0.0654. The van der Waals surface area contributed by atoms with Crippen molar-refractivity contribution in [1.82, 2.24) is 5.32 Å². The van der Waals surface area contributed by atoms with Crippen LogP contribution in [0.3, 0.4) is 0 Å². The molecule has 0 saturated heterocycles. The molecule has 5 aromatic rings. The van der Waals surface area contributed by atoms with Crippen LogP contribution in [0.15, 0.2) is 132 Å². The van der Waals surface area contributed by atoms with Crippen LogP contribution in [0, 0.1) is 10.1 Å². The molecular formula is C35H28N4O5S. The summed E-state index contributed by atoms with van der Waals surface area (Å²) >= 11 is 1.38. The first-order valence-electron chi connectivity index (χ1n) is 14.0. The van der Waals surface area contributed by atoms with Gasteiger partial charge in [-0.25, -0.2) is 0 Å². The van der Waals surface area contributed by atoms with Crippen molar-refractivity contribution in [2.75, 3.05) is 10.6 Å². The van der Waals surface area contributed by atoms with Crippen LogP contribution in [0.1, 0.15) is 22.8 Å². The molecule has 1 atom stereocenters. The van der Waals surface area contributed by atoms with Gasteiger partial charge in [-0.2, -0.15) is 0 Å². The minimum Gasteiger partial charge on any atom is -0.325 e. The normalized spacial score (nSPS) is 11.8. The predicted octanol–water partition coefficient (Wildman–Crippen LogP) is 7.28. The summed E-state index contributed by atoms with van der Waals surface area (Å²) in [6.45, 7) is 1.82. The Morgan fingerprint density at radius 3 is 2.09 bits per heavy atom. The average molecular weight is 617 g/mol. The van der Waals surface area contributed by atoms with Gasteiger partial charge in [-0.15, -0.1) is 11.8 Å². The van der Waals surface area contributed by atoms with Crippen molar-refractivity contribution in [2.24, 2.45) is 0 Å². The molecule has 10 heteroatoms. The number of benzene rings is 5. The lowest BCUT2D eigenvalue weighted by Gasteiger charge is -2.14. The van der Waals surface area contributed by atoms with Crippen LogP contribution in [0.5, 0.6) is 0 Å². The number of nitrogens with one attached hydrogen (secondary N) is 3. The van der Waals surface area contributed by atoms with Crippen LogP contribution < -0.4 is 16.0 Å². The fourth-order valence-electron chi connectivity index (χ4n) is 4.39. The number of hydrogen-bond donors (Lipinski definition) is 3. The Hall–Kier alpha value is -5.74. The highest BCUT2D eigenvalue weighted by Crippen LogP contribution is 2.27. The molecular weight excluding hydrogens is 588 g/mol. The van der Waals surface area contributed by atoms with Crippen molar-refractivity contribution < 1.29 is 19.3 Å². The summed E-state index contributed by atoms with van der Waals surface area (Å²) in [7, 11) is 0. The van der Waals surface area contributed by atoms with Gasteiger partial charge in [-0.05, 0) is 90.0 Å². The molecule has 0 aliphatic rings.